The van der Waals surface area contributed by atoms with Gasteiger partial charge < -0.3 is 4.79 Å². The molecule has 1 aliphatic carbocycles. The molecule has 14 heavy (non-hydrogen) atoms. The summed E-state index contributed by atoms with van der Waals surface area (Å²) < 4.78 is 0. The van der Waals surface area contributed by atoms with Gasteiger partial charge in [0.25, 0.3) is 0 Å². The third-order valence-corrected chi connectivity index (χ3v) is 3.54. The average Bonchev–Trinajstić information content (AvgIpc) is 2.52. The monoisotopic (exact) mass is 196 g/mol. The standard InChI is InChI=1S/C13H24O/c1-3-4-5-7-12-8-6-9-13(12)10-11(2)14/h12-13H,3-10H2,1-2H3. The van der Waals surface area contributed by atoms with E-state index in [1.165, 1.54) is 44.9 Å². The molecule has 0 bridgehead atoms. The second-order valence-corrected chi connectivity index (χ2v) is 4.85. The summed E-state index contributed by atoms with van der Waals surface area (Å²) in [5.74, 6) is 1.98. The molecule has 1 nitrogen and oxygen atoms in total. The lowest BCUT2D eigenvalue weighted by molar-refractivity contribution is -0.118. The summed E-state index contributed by atoms with van der Waals surface area (Å²) in [7, 11) is 0. The summed E-state index contributed by atoms with van der Waals surface area (Å²) >= 11 is 0. The quantitative estimate of drug-likeness (QED) is 0.588. The van der Waals surface area contributed by atoms with Crippen molar-refractivity contribution in [2.45, 2.75) is 65.2 Å². The van der Waals surface area contributed by atoms with Crippen LogP contribution in [0.4, 0.5) is 0 Å². The molecule has 0 spiro atoms. The molecule has 0 aliphatic heterocycles. The van der Waals surface area contributed by atoms with Crippen LogP contribution >= 0.6 is 0 Å². The molecule has 0 heterocycles. The lowest BCUT2D eigenvalue weighted by Crippen LogP contribution is -2.11. The van der Waals surface area contributed by atoms with Crippen molar-refractivity contribution in [3.63, 3.8) is 0 Å². The van der Waals surface area contributed by atoms with Gasteiger partial charge in [0.15, 0.2) is 0 Å². The Morgan fingerprint density at radius 3 is 2.57 bits per heavy atom. The van der Waals surface area contributed by atoms with Gasteiger partial charge in [-0.1, -0.05) is 45.4 Å². The Labute approximate surface area is 88.3 Å². The van der Waals surface area contributed by atoms with E-state index in [1.54, 1.807) is 6.92 Å². The maximum atomic E-state index is 11.1. The molecule has 0 radical (unpaired) electrons. The van der Waals surface area contributed by atoms with Crippen molar-refractivity contribution >= 4 is 5.78 Å². The van der Waals surface area contributed by atoms with Crippen LogP contribution in [0.25, 0.3) is 0 Å². The summed E-state index contributed by atoms with van der Waals surface area (Å²) in [6.07, 6.45) is 10.3. The van der Waals surface area contributed by atoms with Gasteiger partial charge in [0, 0.05) is 6.42 Å². The molecule has 1 saturated carbocycles. The molecule has 1 fully saturated rings. The minimum absolute atomic E-state index is 0.386. The highest BCUT2D eigenvalue weighted by Crippen LogP contribution is 2.37. The van der Waals surface area contributed by atoms with Gasteiger partial charge in [-0.05, 0) is 25.2 Å². The van der Waals surface area contributed by atoms with Gasteiger partial charge in [0.2, 0.25) is 0 Å². The van der Waals surface area contributed by atoms with Crippen LogP contribution in [-0.4, -0.2) is 5.78 Å². The van der Waals surface area contributed by atoms with Crippen LogP contribution in [0, 0.1) is 11.8 Å². The number of carbonyl (C=O) groups excluding carboxylic acids is 1. The van der Waals surface area contributed by atoms with E-state index in [-0.39, 0.29) is 0 Å². The van der Waals surface area contributed by atoms with Crippen molar-refractivity contribution in [2.75, 3.05) is 0 Å². The van der Waals surface area contributed by atoms with Gasteiger partial charge in [-0.25, -0.2) is 0 Å². The first-order chi connectivity index (χ1) is 6.74. The predicted octanol–water partition coefficient (Wildman–Crippen LogP) is 3.96. The Hall–Kier alpha value is -0.330. The Kier molecular flexibility index (Phi) is 5.21. The first kappa shape index (κ1) is 11.7. The summed E-state index contributed by atoms with van der Waals surface area (Å²) in [4.78, 5) is 11.1. The molecule has 2 atom stereocenters. The molecule has 82 valence electrons. The van der Waals surface area contributed by atoms with Crippen molar-refractivity contribution in [1.82, 2.24) is 0 Å². The van der Waals surface area contributed by atoms with Gasteiger partial charge in [-0.2, -0.15) is 0 Å². The zero-order chi connectivity index (χ0) is 10.4. The zero-order valence-corrected chi connectivity index (χ0v) is 9.72. The first-order valence-corrected chi connectivity index (χ1v) is 6.23. The van der Waals surface area contributed by atoms with E-state index in [9.17, 15) is 4.79 Å². The molecular formula is C13H24O. The van der Waals surface area contributed by atoms with Crippen LogP contribution in [0.1, 0.15) is 65.2 Å². The van der Waals surface area contributed by atoms with Gasteiger partial charge in [0.05, 0.1) is 0 Å². The molecular weight excluding hydrogens is 172 g/mol. The Morgan fingerprint density at radius 1 is 1.21 bits per heavy atom. The lowest BCUT2D eigenvalue weighted by Gasteiger charge is -2.17. The Balaban J connectivity index is 2.24. The molecule has 1 heteroatoms. The second-order valence-electron chi connectivity index (χ2n) is 4.85. The van der Waals surface area contributed by atoms with Crippen molar-refractivity contribution in [1.29, 1.82) is 0 Å². The van der Waals surface area contributed by atoms with Crippen LogP contribution in [0.15, 0.2) is 0 Å². The highest BCUT2D eigenvalue weighted by molar-refractivity contribution is 5.75. The van der Waals surface area contributed by atoms with Crippen LogP contribution in [0.5, 0.6) is 0 Å². The van der Waals surface area contributed by atoms with Gasteiger partial charge in [-0.3, -0.25) is 0 Å². The van der Waals surface area contributed by atoms with Gasteiger partial charge >= 0.3 is 0 Å². The summed E-state index contributed by atoms with van der Waals surface area (Å²) in [5, 5.41) is 0. The second kappa shape index (κ2) is 6.21. The number of hydrogen-bond acceptors (Lipinski definition) is 1. The SMILES string of the molecule is CCCCCC1CCCC1CC(C)=O. The van der Waals surface area contributed by atoms with Crippen LogP contribution in [0.3, 0.4) is 0 Å². The number of carbonyl (C=O) groups is 1. The molecule has 1 aliphatic rings. The van der Waals surface area contributed by atoms with Crippen molar-refractivity contribution in [2.24, 2.45) is 11.8 Å². The molecule has 1 rings (SSSR count). The molecule has 0 saturated heterocycles. The van der Waals surface area contributed by atoms with Gasteiger partial charge in [-0.15, -0.1) is 0 Å². The minimum Gasteiger partial charge on any atom is -0.300 e. The van der Waals surface area contributed by atoms with E-state index >= 15 is 0 Å². The van der Waals surface area contributed by atoms with Crippen LogP contribution in [0.2, 0.25) is 0 Å². The van der Waals surface area contributed by atoms with E-state index in [2.05, 4.69) is 6.92 Å². The van der Waals surface area contributed by atoms with E-state index in [0.717, 1.165) is 18.3 Å². The number of Topliss-reactive ketones (excluding diaryl/α,β-unsaturated/α-hetero) is 1. The van der Waals surface area contributed by atoms with E-state index in [0.29, 0.717) is 5.78 Å². The molecule has 2 unspecified atom stereocenters. The van der Waals surface area contributed by atoms with Crippen molar-refractivity contribution in [3.8, 4) is 0 Å². The highest BCUT2D eigenvalue weighted by Gasteiger charge is 2.27. The molecule has 0 aromatic carbocycles. The van der Waals surface area contributed by atoms with E-state index in [4.69, 9.17) is 0 Å². The maximum absolute atomic E-state index is 11.1. The number of rotatable bonds is 6. The third kappa shape index (κ3) is 3.81. The summed E-state index contributed by atoms with van der Waals surface area (Å²) in [6.45, 7) is 3.99. The maximum Gasteiger partial charge on any atom is 0.130 e. The fraction of sp³-hybridized carbons (Fsp3) is 0.923. The smallest absolute Gasteiger partial charge is 0.130 e. The fourth-order valence-corrected chi connectivity index (χ4v) is 2.79. The fourth-order valence-electron chi connectivity index (χ4n) is 2.79. The van der Waals surface area contributed by atoms with Crippen molar-refractivity contribution < 1.29 is 4.79 Å². The average molecular weight is 196 g/mol. The topological polar surface area (TPSA) is 17.1 Å². The van der Waals surface area contributed by atoms with E-state index in [1.807, 2.05) is 0 Å². The summed E-state index contributed by atoms with van der Waals surface area (Å²) in [6, 6.07) is 0. The third-order valence-electron chi connectivity index (χ3n) is 3.54. The number of hydrogen-bond donors (Lipinski definition) is 0. The van der Waals surface area contributed by atoms with E-state index < -0.39 is 0 Å². The normalized spacial score (nSPS) is 26.7. The molecule has 0 N–H and O–H groups in total. The van der Waals surface area contributed by atoms with Crippen molar-refractivity contribution in [3.05, 3.63) is 0 Å². The Bertz CT molecular complexity index is 174. The lowest BCUT2D eigenvalue weighted by atomic mass is 9.87. The van der Waals surface area contributed by atoms with Crippen LogP contribution in [-0.2, 0) is 4.79 Å². The number of ketones is 1. The molecule has 0 aromatic rings. The minimum atomic E-state index is 0.386. The molecule has 0 aromatic heterocycles. The molecule has 0 amide bonds. The number of unbranched alkanes of at least 4 members (excludes halogenated alkanes) is 2. The van der Waals surface area contributed by atoms with Gasteiger partial charge in [0.1, 0.15) is 5.78 Å². The largest absolute Gasteiger partial charge is 0.300 e. The summed E-state index contributed by atoms with van der Waals surface area (Å²) in [5.41, 5.74) is 0. The Morgan fingerprint density at radius 2 is 1.93 bits per heavy atom. The zero-order valence-electron chi connectivity index (χ0n) is 9.72. The predicted molar refractivity (Wildman–Crippen MR) is 60.3 cm³/mol. The first-order valence-electron chi connectivity index (χ1n) is 6.23. The van der Waals surface area contributed by atoms with Crippen LogP contribution < -0.4 is 0 Å². The highest BCUT2D eigenvalue weighted by atomic mass is 16.1.